The average molecular weight is 205 g/mol. The minimum Gasteiger partial charge on any atom is -0.311 e. The van der Waals surface area contributed by atoms with Gasteiger partial charge in [-0.15, -0.1) is 11.8 Å². The van der Waals surface area contributed by atoms with E-state index < -0.39 is 0 Å². The van der Waals surface area contributed by atoms with Crippen molar-refractivity contribution >= 4 is 17.3 Å². The molecule has 0 spiro atoms. The fourth-order valence-corrected chi connectivity index (χ4v) is 2.60. The lowest BCUT2D eigenvalue weighted by molar-refractivity contribution is 1.02. The third-order valence-corrected chi connectivity index (χ3v) is 3.66. The van der Waals surface area contributed by atoms with Gasteiger partial charge in [0.25, 0.3) is 0 Å². The van der Waals surface area contributed by atoms with Gasteiger partial charge >= 0.3 is 0 Å². The molecule has 0 saturated carbocycles. The molecule has 14 heavy (non-hydrogen) atoms. The summed E-state index contributed by atoms with van der Waals surface area (Å²) in [6, 6.07) is 8.58. The lowest BCUT2D eigenvalue weighted by atomic mass is 10.3. The molecule has 2 heterocycles. The molecule has 0 radical (unpaired) electrons. The van der Waals surface area contributed by atoms with Crippen LogP contribution in [0.25, 0.3) is 5.52 Å². The summed E-state index contributed by atoms with van der Waals surface area (Å²) in [6.07, 6.45) is 3.37. The lowest BCUT2D eigenvalue weighted by Gasteiger charge is -2.02. The second kappa shape index (κ2) is 4.09. The van der Waals surface area contributed by atoms with Crippen molar-refractivity contribution < 1.29 is 0 Å². The fraction of sp³-hybridized carbons (Fsp3) is 0.333. The van der Waals surface area contributed by atoms with Gasteiger partial charge in [0.1, 0.15) is 0 Å². The third-order valence-electron chi connectivity index (χ3n) is 2.25. The number of aryl methyl sites for hydroxylation is 1. The van der Waals surface area contributed by atoms with E-state index in [9.17, 15) is 0 Å². The Kier molecular flexibility index (Phi) is 2.82. The number of rotatable bonds is 3. The van der Waals surface area contributed by atoms with Crippen LogP contribution in [0.3, 0.4) is 0 Å². The van der Waals surface area contributed by atoms with E-state index in [0.29, 0.717) is 0 Å². The summed E-state index contributed by atoms with van der Waals surface area (Å²) in [4.78, 5) is 0. The maximum Gasteiger partial charge on any atom is 0.0823 e. The minimum atomic E-state index is 1.20. The highest BCUT2D eigenvalue weighted by Gasteiger charge is 2.05. The van der Waals surface area contributed by atoms with Crippen LogP contribution in [0.2, 0.25) is 0 Å². The van der Waals surface area contributed by atoms with Crippen molar-refractivity contribution in [3.8, 4) is 0 Å². The van der Waals surface area contributed by atoms with Crippen LogP contribution >= 0.6 is 11.8 Å². The lowest BCUT2D eigenvalue weighted by Crippen LogP contribution is -1.86. The molecule has 0 amide bonds. The van der Waals surface area contributed by atoms with Gasteiger partial charge in [0.05, 0.1) is 5.03 Å². The molecule has 0 aliphatic rings. The van der Waals surface area contributed by atoms with E-state index in [0.717, 1.165) is 0 Å². The second-order valence-corrected chi connectivity index (χ2v) is 4.56. The van der Waals surface area contributed by atoms with Crippen LogP contribution in [-0.2, 0) is 0 Å². The predicted molar refractivity (Wildman–Crippen MR) is 63.1 cm³/mol. The number of thioether (sulfide) groups is 1. The Morgan fingerprint density at radius 3 is 3.00 bits per heavy atom. The normalized spacial score (nSPS) is 11.0. The van der Waals surface area contributed by atoms with E-state index >= 15 is 0 Å². The first-order chi connectivity index (χ1) is 6.83. The van der Waals surface area contributed by atoms with E-state index in [1.54, 1.807) is 0 Å². The van der Waals surface area contributed by atoms with Gasteiger partial charge in [-0.05, 0) is 42.9 Å². The molecule has 1 nitrogen and oxygen atoms in total. The monoisotopic (exact) mass is 205 g/mol. The van der Waals surface area contributed by atoms with Gasteiger partial charge in [-0.25, -0.2) is 0 Å². The highest BCUT2D eigenvalue weighted by Crippen LogP contribution is 2.26. The van der Waals surface area contributed by atoms with Gasteiger partial charge in [-0.2, -0.15) is 0 Å². The molecule has 0 N–H and O–H groups in total. The van der Waals surface area contributed by atoms with Crippen LogP contribution in [0.5, 0.6) is 0 Å². The Bertz CT molecular complexity index is 431. The number of hydrogen-bond acceptors (Lipinski definition) is 1. The van der Waals surface area contributed by atoms with Crippen LogP contribution in [0.1, 0.15) is 18.9 Å². The van der Waals surface area contributed by atoms with Crippen molar-refractivity contribution in [2.45, 2.75) is 25.3 Å². The first-order valence-electron chi connectivity index (χ1n) is 5.02. The Hall–Kier alpha value is -0.890. The van der Waals surface area contributed by atoms with Crippen molar-refractivity contribution in [1.82, 2.24) is 4.40 Å². The van der Waals surface area contributed by atoms with Crippen LogP contribution in [0.4, 0.5) is 0 Å². The first-order valence-corrected chi connectivity index (χ1v) is 6.01. The number of fused-ring (bicyclic) bond motifs is 1. The van der Waals surface area contributed by atoms with Gasteiger partial charge in [0, 0.05) is 11.7 Å². The van der Waals surface area contributed by atoms with E-state index in [1.165, 1.54) is 28.3 Å². The van der Waals surface area contributed by atoms with Crippen LogP contribution in [0, 0.1) is 6.92 Å². The Morgan fingerprint density at radius 1 is 1.36 bits per heavy atom. The Morgan fingerprint density at radius 2 is 2.21 bits per heavy atom. The Balaban J connectivity index is 2.45. The summed E-state index contributed by atoms with van der Waals surface area (Å²) in [7, 11) is 0. The van der Waals surface area contributed by atoms with Crippen LogP contribution in [0.15, 0.2) is 35.5 Å². The summed E-state index contributed by atoms with van der Waals surface area (Å²) < 4.78 is 2.27. The summed E-state index contributed by atoms with van der Waals surface area (Å²) >= 11 is 1.95. The summed E-state index contributed by atoms with van der Waals surface area (Å²) in [5.41, 5.74) is 2.68. The zero-order chi connectivity index (χ0) is 9.97. The molecule has 0 unspecified atom stereocenters. The van der Waals surface area contributed by atoms with Gasteiger partial charge in [0.15, 0.2) is 0 Å². The van der Waals surface area contributed by atoms with Crippen molar-refractivity contribution in [3.05, 3.63) is 36.0 Å². The van der Waals surface area contributed by atoms with Crippen LogP contribution in [-0.4, -0.2) is 10.2 Å². The molecule has 0 fully saturated rings. The predicted octanol–water partition coefficient (Wildman–Crippen LogP) is 3.75. The van der Waals surface area contributed by atoms with E-state index in [2.05, 4.69) is 48.7 Å². The van der Waals surface area contributed by atoms with Crippen molar-refractivity contribution in [1.29, 1.82) is 0 Å². The molecular formula is C12H15NS. The van der Waals surface area contributed by atoms with E-state index in [1.807, 2.05) is 11.8 Å². The molecule has 74 valence electrons. The van der Waals surface area contributed by atoms with Gasteiger partial charge in [-0.3, -0.25) is 0 Å². The van der Waals surface area contributed by atoms with E-state index in [-0.39, 0.29) is 0 Å². The minimum absolute atomic E-state index is 1.20. The van der Waals surface area contributed by atoms with Gasteiger partial charge < -0.3 is 4.40 Å². The number of pyridine rings is 1. The summed E-state index contributed by atoms with van der Waals surface area (Å²) in [5.74, 6) is 1.20. The van der Waals surface area contributed by atoms with Crippen LogP contribution < -0.4 is 0 Å². The SMILES string of the molecule is CCCSc1c(C)cc2ccccn12. The second-order valence-electron chi connectivity index (χ2n) is 3.48. The zero-order valence-electron chi connectivity index (χ0n) is 8.66. The molecule has 2 rings (SSSR count). The van der Waals surface area contributed by atoms with E-state index in [4.69, 9.17) is 0 Å². The maximum atomic E-state index is 2.27. The quantitative estimate of drug-likeness (QED) is 0.690. The molecule has 2 heteroatoms. The van der Waals surface area contributed by atoms with Crippen molar-refractivity contribution in [3.63, 3.8) is 0 Å². The van der Waals surface area contributed by atoms with Gasteiger partial charge in [0.2, 0.25) is 0 Å². The summed E-state index contributed by atoms with van der Waals surface area (Å²) in [6.45, 7) is 4.41. The number of hydrogen-bond donors (Lipinski definition) is 0. The standard InChI is InChI=1S/C12H15NS/c1-3-8-14-12-10(2)9-11-6-4-5-7-13(11)12/h4-7,9H,3,8H2,1-2H3. The molecule has 0 bridgehead atoms. The van der Waals surface area contributed by atoms with Crippen molar-refractivity contribution in [2.24, 2.45) is 0 Å². The smallest absolute Gasteiger partial charge is 0.0823 e. The molecule has 0 aliphatic carbocycles. The first kappa shape index (κ1) is 9.66. The fourth-order valence-electron chi connectivity index (χ4n) is 1.61. The largest absolute Gasteiger partial charge is 0.311 e. The molecule has 2 aromatic heterocycles. The molecule has 2 aromatic rings. The average Bonchev–Trinajstić information content (AvgIpc) is 2.51. The highest BCUT2D eigenvalue weighted by atomic mass is 32.2. The van der Waals surface area contributed by atoms with Crippen molar-refractivity contribution in [2.75, 3.05) is 5.75 Å². The molecule has 0 aliphatic heterocycles. The number of aromatic nitrogens is 1. The molecule has 0 aromatic carbocycles. The molecule has 0 atom stereocenters. The number of nitrogens with zero attached hydrogens (tertiary/aromatic N) is 1. The Labute approximate surface area is 89.1 Å². The molecular weight excluding hydrogens is 190 g/mol. The van der Waals surface area contributed by atoms with Gasteiger partial charge in [-0.1, -0.05) is 13.0 Å². The third kappa shape index (κ3) is 1.67. The zero-order valence-corrected chi connectivity index (χ0v) is 9.47. The molecule has 0 saturated heterocycles. The topological polar surface area (TPSA) is 4.41 Å². The highest BCUT2D eigenvalue weighted by molar-refractivity contribution is 7.99. The summed E-state index contributed by atoms with van der Waals surface area (Å²) in [5, 5.41) is 1.39. The maximum absolute atomic E-state index is 2.27.